The number of nitriles is 1. The summed E-state index contributed by atoms with van der Waals surface area (Å²) in [6.07, 6.45) is 0. The molecule has 3 heteroatoms. The molecule has 27 valence electrons. The van der Waals surface area contributed by atoms with E-state index in [4.69, 9.17) is 5.26 Å². The van der Waals surface area contributed by atoms with Crippen LogP contribution in [0.1, 0.15) is 0 Å². The van der Waals surface area contributed by atoms with Crippen molar-refractivity contribution in [2.45, 2.75) is 0 Å². The van der Waals surface area contributed by atoms with Gasteiger partial charge in [0.2, 0.25) is 0 Å². The zero-order valence-corrected chi connectivity index (χ0v) is 4.07. The van der Waals surface area contributed by atoms with E-state index >= 15 is 0 Å². The van der Waals surface area contributed by atoms with Crippen LogP contribution in [0.4, 0.5) is 0 Å². The topological polar surface area (TPSA) is 23.8 Å². The van der Waals surface area contributed by atoms with Gasteiger partial charge in [0.15, 0.2) is 0 Å². The Morgan fingerprint density at radius 3 is 1.75 bits per heavy atom. The van der Waals surface area contributed by atoms with Crippen molar-refractivity contribution in [3.8, 4) is 5.40 Å². The summed E-state index contributed by atoms with van der Waals surface area (Å²) < 4.78 is 0. The number of rotatable bonds is 0. The summed E-state index contributed by atoms with van der Waals surface area (Å²) in [5, 5.41) is 8.63. The molecule has 0 aromatic rings. The molecule has 0 saturated carbocycles. The maximum Gasteiger partial charge on any atom is 0.130 e. The van der Waals surface area contributed by atoms with E-state index in [-0.39, 0.29) is 22.4 Å². The summed E-state index contributed by atoms with van der Waals surface area (Å²) in [5.41, 5.74) is 0. The van der Waals surface area contributed by atoms with E-state index in [2.05, 4.69) is 12.6 Å². The molecule has 0 aliphatic heterocycles. The van der Waals surface area contributed by atoms with Gasteiger partial charge in [-0.15, -0.1) is 0 Å². The van der Waals surface area contributed by atoms with Crippen LogP contribution in [0.2, 0.25) is 0 Å². The Morgan fingerprint density at radius 1 is 1.75 bits per heavy atom. The zero-order valence-electron chi connectivity index (χ0n) is 1.70. The molecular weight excluding hydrogens is 166 g/mol. The first-order valence-corrected chi connectivity index (χ1v) is 0.894. The largest absolute Gasteiger partial charge is 0.185 e. The average molecular weight is 167 g/mol. The Labute approximate surface area is 45.9 Å². The van der Waals surface area contributed by atoms with Gasteiger partial charge in [0, 0.05) is 22.4 Å². The molecule has 1 nitrogen and oxygen atoms in total. The molecule has 0 amide bonds. The van der Waals surface area contributed by atoms with Gasteiger partial charge in [0.1, 0.15) is 5.40 Å². The number of nitrogens with zero attached hydrogens (tertiary/aromatic N) is 1. The third-order valence-electron chi connectivity index (χ3n) is 0. The van der Waals surface area contributed by atoms with E-state index in [9.17, 15) is 0 Å². The van der Waals surface area contributed by atoms with E-state index in [1.54, 1.807) is 0 Å². The summed E-state index contributed by atoms with van der Waals surface area (Å²) >= 11 is 3.09. The quantitative estimate of drug-likeness (QED) is 0.315. The third-order valence-corrected chi connectivity index (χ3v) is 0. The van der Waals surface area contributed by atoms with Crippen LogP contribution in [-0.4, -0.2) is 0 Å². The van der Waals surface area contributed by atoms with Crippen molar-refractivity contribution in [1.29, 1.82) is 5.26 Å². The normalized spacial score (nSPS) is 2.00. The molecule has 0 fully saturated rings. The van der Waals surface area contributed by atoms with Gasteiger partial charge in [-0.2, -0.15) is 5.26 Å². The molecule has 1 radical (unpaired) electrons. The first-order chi connectivity index (χ1) is 1.41. The Bertz CT molecular complexity index is 29.5. The SMILES string of the molecule is N#CS.[Ag]. The Balaban J connectivity index is 0. The Hall–Kier alpha value is 0.580. The van der Waals surface area contributed by atoms with Crippen LogP contribution in [-0.2, 0) is 22.4 Å². The van der Waals surface area contributed by atoms with Crippen molar-refractivity contribution >= 4 is 12.6 Å². The molecule has 0 saturated heterocycles. The molecule has 0 rings (SSSR count). The van der Waals surface area contributed by atoms with Crippen molar-refractivity contribution in [2.24, 2.45) is 0 Å². The van der Waals surface area contributed by atoms with Crippen molar-refractivity contribution in [1.82, 2.24) is 0 Å². The monoisotopic (exact) mass is 166 g/mol. The minimum absolute atomic E-state index is 0. The van der Waals surface area contributed by atoms with E-state index in [0.717, 1.165) is 0 Å². The van der Waals surface area contributed by atoms with Crippen LogP contribution in [0.5, 0.6) is 0 Å². The van der Waals surface area contributed by atoms with Crippen LogP contribution in [0.25, 0.3) is 0 Å². The van der Waals surface area contributed by atoms with Crippen molar-refractivity contribution in [3.05, 3.63) is 0 Å². The molecule has 0 aromatic heterocycles. The van der Waals surface area contributed by atoms with Gasteiger partial charge in [-0.05, 0) is 0 Å². The zero-order chi connectivity index (χ0) is 2.71. The minimum Gasteiger partial charge on any atom is -0.185 e. The smallest absolute Gasteiger partial charge is 0.130 e. The van der Waals surface area contributed by atoms with Crippen molar-refractivity contribution in [2.75, 3.05) is 0 Å². The Kier molecular flexibility index (Phi) is 21.0. The molecule has 0 aliphatic rings. The second kappa shape index (κ2) is 9.55. The van der Waals surface area contributed by atoms with Crippen molar-refractivity contribution < 1.29 is 22.4 Å². The van der Waals surface area contributed by atoms with Crippen LogP contribution in [0.3, 0.4) is 0 Å². The molecule has 0 spiro atoms. The number of thiocyanates is 1. The van der Waals surface area contributed by atoms with Gasteiger partial charge in [-0.3, -0.25) is 0 Å². The van der Waals surface area contributed by atoms with Crippen LogP contribution < -0.4 is 0 Å². The summed E-state index contributed by atoms with van der Waals surface area (Å²) in [6.45, 7) is 0. The second-order valence-corrected chi connectivity index (χ2v) is 0.300. The predicted molar refractivity (Wildman–Crippen MR) is 14.6 cm³/mol. The fraction of sp³-hybridized carbons (Fsp3) is 0. The van der Waals surface area contributed by atoms with Gasteiger partial charge in [-0.25, -0.2) is 0 Å². The summed E-state index contributed by atoms with van der Waals surface area (Å²) in [6, 6.07) is 0. The van der Waals surface area contributed by atoms with E-state index < -0.39 is 0 Å². The maximum atomic E-state index is 7.18. The molecule has 0 N–H and O–H groups in total. The number of hydrogen-bond acceptors (Lipinski definition) is 2. The second-order valence-electron chi connectivity index (χ2n) is 0.100. The molecule has 4 heavy (non-hydrogen) atoms. The third kappa shape index (κ3) is 19.1. The Morgan fingerprint density at radius 2 is 1.75 bits per heavy atom. The van der Waals surface area contributed by atoms with Gasteiger partial charge in [0.25, 0.3) is 0 Å². The van der Waals surface area contributed by atoms with E-state index in [1.165, 1.54) is 5.40 Å². The standard InChI is InChI=1S/CHNS.Ag/c2-1-3;/h3H;. The average Bonchev–Trinajstić information content (AvgIpc) is 0.918. The maximum absolute atomic E-state index is 7.18. The first kappa shape index (κ1) is 8.82. The summed E-state index contributed by atoms with van der Waals surface area (Å²) in [4.78, 5) is 0. The summed E-state index contributed by atoms with van der Waals surface area (Å²) in [5.74, 6) is 0. The molecule has 0 heterocycles. The van der Waals surface area contributed by atoms with Crippen LogP contribution >= 0.6 is 12.6 Å². The molecule has 0 atom stereocenters. The van der Waals surface area contributed by atoms with Crippen molar-refractivity contribution in [3.63, 3.8) is 0 Å². The molecular formula is CHAgNS. The molecule has 0 unspecified atom stereocenters. The fourth-order valence-corrected chi connectivity index (χ4v) is 0. The number of hydrogen-bond donors (Lipinski definition) is 1. The van der Waals surface area contributed by atoms with Crippen LogP contribution in [0.15, 0.2) is 0 Å². The van der Waals surface area contributed by atoms with Gasteiger partial charge in [0.05, 0.1) is 0 Å². The first-order valence-electron chi connectivity index (χ1n) is 0.447. The van der Waals surface area contributed by atoms with Gasteiger partial charge in [-0.1, -0.05) is 12.6 Å². The molecule has 0 aromatic carbocycles. The van der Waals surface area contributed by atoms with Crippen LogP contribution in [0, 0.1) is 10.7 Å². The van der Waals surface area contributed by atoms with Gasteiger partial charge < -0.3 is 0 Å². The summed E-state index contributed by atoms with van der Waals surface area (Å²) in [7, 11) is 0. The number of thiol groups is 1. The van der Waals surface area contributed by atoms with Gasteiger partial charge >= 0.3 is 0 Å². The minimum atomic E-state index is 0. The predicted octanol–water partition coefficient (Wildman–Crippen LogP) is 0.395. The molecule has 0 bridgehead atoms. The van der Waals surface area contributed by atoms with E-state index in [1.807, 2.05) is 0 Å². The fourth-order valence-electron chi connectivity index (χ4n) is 0. The molecule has 0 aliphatic carbocycles. The van der Waals surface area contributed by atoms with E-state index in [0.29, 0.717) is 0 Å².